The second kappa shape index (κ2) is 8.70. The third kappa shape index (κ3) is 4.90. The van der Waals surface area contributed by atoms with Gasteiger partial charge >= 0.3 is 6.36 Å². The predicted octanol–water partition coefficient (Wildman–Crippen LogP) is 5.13. The molecular formula is C23H13F5N6O. The monoisotopic (exact) mass is 484 g/mol. The number of fused-ring (bicyclic) bond motifs is 1. The predicted molar refractivity (Wildman–Crippen MR) is 113 cm³/mol. The maximum absolute atomic E-state index is 14.1. The van der Waals surface area contributed by atoms with Crippen LogP contribution in [0.5, 0.6) is 5.75 Å². The molecule has 0 unspecified atom stereocenters. The van der Waals surface area contributed by atoms with Gasteiger partial charge in [0.15, 0.2) is 17.5 Å². The summed E-state index contributed by atoms with van der Waals surface area (Å²) in [4.78, 5) is 8.49. The Hall–Kier alpha value is -4.48. The van der Waals surface area contributed by atoms with Crippen molar-refractivity contribution in [2.24, 2.45) is 0 Å². The number of alkyl halides is 3. The van der Waals surface area contributed by atoms with Gasteiger partial charge in [-0.3, -0.25) is 4.68 Å². The number of aromatic nitrogens is 6. The summed E-state index contributed by atoms with van der Waals surface area (Å²) in [5, 5.41) is 12.5. The molecule has 0 spiro atoms. The van der Waals surface area contributed by atoms with E-state index < -0.39 is 18.0 Å². The van der Waals surface area contributed by atoms with Gasteiger partial charge in [0, 0.05) is 5.56 Å². The van der Waals surface area contributed by atoms with E-state index in [4.69, 9.17) is 0 Å². The first-order valence-corrected chi connectivity index (χ1v) is 10.1. The molecule has 176 valence electrons. The van der Waals surface area contributed by atoms with Gasteiger partial charge in [0.1, 0.15) is 17.1 Å². The molecule has 7 nitrogen and oxygen atoms in total. The zero-order valence-corrected chi connectivity index (χ0v) is 17.5. The van der Waals surface area contributed by atoms with E-state index in [-0.39, 0.29) is 23.7 Å². The number of benzene rings is 2. The minimum Gasteiger partial charge on any atom is -0.406 e. The number of hydrogen-bond donors (Lipinski definition) is 0. The first kappa shape index (κ1) is 22.3. The van der Waals surface area contributed by atoms with Crippen molar-refractivity contribution < 1.29 is 26.7 Å². The summed E-state index contributed by atoms with van der Waals surface area (Å²) in [7, 11) is 0. The summed E-state index contributed by atoms with van der Waals surface area (Å²) in [5.74, 6) is -2.30. The molecule has 0 atom stereocenters. The quantitative estimate of drug-likeness (QED) is 0.322. The summed E-state index contributed by atoms with van der Waals surface area (Å²) < 4.78 is 69.9. The van der Waals surface area contributed by atoms with Crippen LogP contribution in [0.4, 0.5) is 22.0 Å². The van der Waals surface area contributed by atoms with Crippen molar-refractivity contribution >= 4 is 0 Å². The first-order valence-electron chi connectivity index (χ1n) is 10.1. The lowest BCUT2D eigenvalue weighted by molar-refractivity contribution is -0.274. The van der Waals surface area contributed by atoms with Crippen LogP contribution in [0, 0.1) is 11.6 Å². The van der Waals surface area contributed by atoms with E-state index >= 15 is 0 Å². The largest absolute Gasteiger partial charge is 0.573 e. The molecule has 0 saturated heterocycles. The molecule has 35 heavy (non-hydrogen) atoms. The Labute approximate surface area is 194 Å². The molecule has 2 aliphatic rings. The first-order chi connectivity index (χ1) is 16.7. The Bertz CT molecular complexity index is 1450. The van der Waals surface area contributed by atoms with Gasteiger partial charge in [-0.25, -0.2) is 18.7 Å². The number of imidazole rings is 1. The standard InChI is InChI=1S/C23H13F5N6O/c24-17-3-1-2-16(21(17)25)22-30-19-10-29-34(12-20(19)31-22)11-14-6-9-18(33-32-14)13-4-7-15(8-5-13)35-23(26,27)28/h1-10,12H,11H2. The van der Waals surface area contributed by atoms with Crippen molar-refractivity contribution in [2.75, 3.05) is 0 Å². The van der Waals surface area contributed by atoms with E-state index in [1.807, 2.05) is 0 Å². The molecule has 3 aromatic rings. The van der Waals surface area contributed by atoms with Crippen molar-refractivity contribution in [1.82, 2.24) is 29.9 Å². The molecule has 5 rings (SSSR count). The molecule has 1 aromatic heterocycles. The van der Waals surface area contributed by atoms with Gasteiger partial charge in [-0.1, -0.05) is 6.07 Å². The molecular weight excluding hydrogens is 471 g/mol. The summed E-state index contributed by atoms with van der Waals surface area (Å²) in [6, 6.07) is 12.4. The second-order valence-corrected chi connectivity index (χ2v) is 7.37. The Kier molecular flexibility index (Phi) is 5.55. The lowest BCUT2D eigenvalue weighted by Crippen LogP contribution is -2.16. The summed E-state index contributed by atoms with van der Waals surface area (Å²) >= 11 is 0. The minimum absolute atomic E-state index is 0.0485. The van der Waals surface area contributed by atoms with Crippen LogP contribution in [-0.4, -0.2) is 36.3 Å². The molecule has 3 heterocycles. The van der Waals surface area contributed by atoms with E-state index in [0.29, 0.717) is 28.3 Å². The Morgan fingerprint density at radius 1 is 0.829 bits per heavy atom. The van der Waals surface area contributed by atoms with E-state index in [9.17, 15) is 22.0 Å². The minimum atomic E-state index is -4.76. The highest BCUT2D eigenvalue weighted by atomic mass is 19.4. The highest BCUT2D eigenvalue weighted by molar-refractivity contribution is 5.65. The third-order valence-corrected chi connectivity index (χ3v) is 4.93. The fourth-order valence-electron chi connectivity index (χ4n) is 3.34. The number of ether oxygens (including phenoxy) is 1. The van der Waals surface area contributed by atoms with Crippen LogP contribution in [0.2, 0.25) is 0 Å². The lowest BCUT2D eigenvalue weighted by atomic mass is 10.1. The van der Waals surface area contributed by atoms with Crippen LogP contribution in [0.25, 0.3) is 34.0 Å². The molecule has 0 fully saturated rings. The average molecular weight is 484 g/mol. The number of rotatable bonds is 5. The van der Waals surface area contributed by atoms with Crippen LogP contribution in [0.15, 0.2) is 67.0 Å². The molecule has 2 aliphatic heterocycles. The normalized spacial score (nSPS) is 11.7. The SMILES string of the molecule is Fc1cccc(-c2nc3cnn(Cc4ccc(-c5ccc(OC(F)(F)F)cc5)nn4)cc-3n2)c1F. The smallest absolute Gasteiger partial charge is 0.406 e. The fraction of sp³-hybridized carbons (Fsp3) is 0.0870. The van der Waals surface area contributed by atoms with Crippen molar-refractivity contribution in [3.05, 3.63) is 84.3 Å². The summed E-state index contributed by atoms with van der Waals surface area (Å²) in [5.41, 5.74) is 2.38. The fourth-order valence-corrected chi connectivity index (χ4v) is 3.34. The van der Waals surface area contributed by atoms with Gasteiger partial charge in [-0.15, -0.1) is 13.2 Å². The third-order valence-electron chi connectivity index (χ3n) is 4.93. The second-order valence-electron chi connectivity index (χ2n) is 7.37. The number of hydrogen-bond acceptors (Lipinski definition) is 6. The highest BCUT2D eigenvalue weighted by Crippen LogP contribution is 2.28. The molecule has 2 aromatic carbocycles. The molecule has 0 aliphatic carbocycles. The van der Waals surface area contributed by atoms with Crippen LogP contribution < -0.4 is 4.74 Å². The highest BCUT2D eigenvalue weighted by Gasteiger charge is 2.31. The van der Waals surface area contributed by atoms with E-state index in [0.717, 1.165) is 6.07 Å². The van der Waals surface area contributed by atoms with E-state index in [1.165, 1.54) is 47.3 Å². The van der Waals surface area contributed by atoms with Gasteiger partial charge < -0.3 is 4.74 Å². The van der Waals surface area contributed by atoms with Crippen molar-refractivity contribution in [2.45, 2.75) is 12.9 Å². The van der Waals surface area contributed by atoms with E-state index in [2.05, 4.69) is 30.0 Å². The van der Waals surface area contributed by atoms with Crippen LogP contribution in [-0.2, 0) is 6.54 Å². The van der Waals surface area contributed by atoms with Crippen LogP contribution >= 0.6 is 0 Å². The number of halogens is 5. The Balaban J connectivity index is 1.32. The van der Waals surface area contributed by atoms with Crippen molar-refractivity contribution in [1.29, 1.82) is 0 Å². The van der Waals surface area contributed by atoms with Crippen LogP contribution in [0.3, 0.4) is 0 Å². The van der Waals surface area contributed by atoms with Gasteiger partial charge in [0.05, 0.1) is 35.9 Å². The Morgan fingerprint density at radius 2 is 1.60 bits per heavy atom. The molecule has 0 N–H and O–H groups in total. The molecule has 0 bridgehead atoms. The topological polar surface area (TPSA) is 78.6 Å². The molecule has 0 amide bonds. The maximum atomic E-state index is 14.1. The molecule has 0 radical (unpaired) electrons. The van der Waals surface area contributed by atoms with Gasteiger partial charge in [-0.05, 0) is 48.5 Å². The summed E-state index contributed by atoms with van der Waals surface area (Å²) in [6.45, 7) is 0.234. The van der Waals surface area contributed by atoms with Crippen molar-refractivity contribution in [3.8, 4) is 39.8 Å². The average Bonchev–Trinajstić information content (AvgIpc) is 3.24. The molecule has 0 saturated carbocycles. The lowest BCUT2D eigenvalue weighted by Gasteiger charge is -2.09. The zero-order chi connectivity index (χ0) is 24.6. The number of nitrogens with zero attached hydrogens (tertiary/aromatic N) is 6. The van der Waals surface area contributed by atoms with Gasteiger partial charge in [-0.2, -0.15) is 15.3 Å². The van der Waals surface area contributed by atoms with Crippen LogP contribution in [0.1, 0.15) is 5.69 Å². The van der Waals surface area contributed by atoms with E-state index in [1.54, 1.807) is 18.3 Å². The maximum Gasteiger partial charge on any atom is 0.573 e. The Morgan fingerprint density at radius 3 is 2.31 bits per heavy atom. The van der Waals surface area contributed by atoms with Crippen molar-refractivity contribution in [3.63, 3.8) is 0 Å². The van der Waals surface area contributed by atoms with Gasteiger partial charge in [0.2, 0.25) is 0 Å². The molecule has 12 heteroatoms. The summed E-state index contributed by atoms with van der Waals surface area (Å²) in [6.07, 6.45) is -1.71. The van der Waals surface area contributed by atoms with Gasteiger partial charge in [0.25, 0.3) is 0 Å². The zero-order valence-electron chi connectivity index (χ0n) is 17.5.